The molecule has 0 atom stereocenters. The van der Waals surface area contributed by atoms with Crippen molar-refractivity contribution in [3.63, 3.8) is 0 Å². The second-order valence-electron chi connectivity index (χ2n) is 8.16. The number of thiophene rings is 1. The third-order valence-electron chi connectivity index (χ3n) is 5.90. The van der Waals surface area contributed by atoms with Crippen molar-refractivity contribution in [3.8, 4) is 16.9 Å². The first kappa shape index (κ1) is 21.9. The molecular formula is C27H26N2O2S2. The summed E-state index contributed by atoms with van der Waals surface area (Å²) >= 11 is 3.24. The third kappa shape index (κ3) is 4.33. The average Bonchev–Trinajstić information content (AvgIpc) is 3.41. The van der Waals surface area contributed by atoms with E-state index in [2.05, 4.69) is 53.3 Å². The lowest BCUT2D eigenvalue weighted by Crippen LogP contribution is -2.14. The monoisotopic (exact) mass is 474 g/mol. The SMILES string of the molecule is CCOC(=O)c1c(/N=c2\scc(-c3ccc(C)cc3)n2-c2ccccc2)sc2c1CCCC2. The fourth-order valence-corrected chi connectivity index (χ4v) is 6.49. The van der Waals surface area contributed by atoms with Crippen LogP contribution in [0.3, 0.4) is 0 Å². The van der Waals surface area contributed by atoms with Gasteiger partial charge in [-0.15, -0.1) is 22.7 Å². The summed E-state index contributed by atoms with van der Waals surface area (Å²) in [6.07, 6.45) is 4.21. The zero-order chi connectivity index (χ0) is 22.8. The van der Waals surface area contributed by atoms with Crippen LogP contribution in [0.15, 0.2) is 65.0 Å². The van der Waals surface area contributed by atoms with E-state index in [1.54, 1.807) is 22.7 Å². The van der Waals surface area contributed by atoms with E-state index in [4.69, 9.17) is 9.73 Å². The highest BCUT2D eigenvalue weighted by molar-refractivity contribution is 7.16. The minimum Gasteiger partial charge on any atom is -0.462 e. The lowest BCUT2D eigenvalue weighted by atomic mass is 9.95. The molecule has 2 aromatic carbocycles. The van der Waals surface area contributed by atoms with Gasteiger partial charge in [-0.05, 0) is 62.8 Å². The zero-order valence-corrected chi connectivity index (χ0v) is 20.5. The summed E-state index contributed by atoms with van der Waals surface area (Å²) in [5.74, 6) is -0.253. The van der Waals surface area contributed by atoms with Crippen LogP contribution in [0, 0.1) is 6.92 Å². The predicted octanol–water partition coefficient (Wildman–Crippen LogP) is 6.86. The Hall–Kier alpha value is -2.96. The Balaban J connectivity index is 1.72. The van der Waals surface area contributed by atoms with Crippen LogP contribution in [0.4, 0.5) is 5.00 Å². The maximum absolute atomic E-state index is 12.9. The van der Waals surface area contributed by atoms with E-state index >= 15 is 0 Å². The van der Waals surface area contributed by atoms with Crippen LogP contribution in [0.5, 0.6) is 0 Å². The molecule has 33 heavy (non-hydrogen) atoms. The fourth-order valence-electron chi connectivity index (χ4n) is 4.27. The standard InChI is InChI=1S/C27H26N2O2S2/c1-3-31-26(30)24-21-11-7-8-12-23(21)33-25(24)28-27-29(20-9-5-4-6-10-20)22(17-32-27)19-15-13-18(2)14-16-19/h4-6,9-10,13-17H,3,7-8,11-12H2,1-2H3/b28-27-. The van der Waals surface area contributed by atoms with Crippen LogP contribution in [0.2, 0.25) is 0 Å². The quantitative estimate of drug-likeness (QED) is 0.296. The van der Waals surface area contributed by atoms with Gasteiger partial charge in [0.15, 0.2) is 4.80 Å². The number of carbonyl (C=O) groups is 1. The van der Waals surface area contributed by atoms with E-state index in [0.29, 0.717) is 12.2 Å². The Morgan fingerprint density at radius 1 is 1.06 bits per heavy atom. The Kier molecular flexibility index (Phi) is 6.29. The van der Waals surface area contributed by atoms with Crippen molar-refractivity contribution in [1.82, 2.24) is 4.57 Å². The molecule has 1 aliphatic carbocycles. The first-order chi connectivity index (χ1) is 16.2. The third-order valence-corrected chi connectivity index (χ3v) is 7.91. The lowest BCUT2D eigenvalue weighted by Gasteiger charge is -2.12. The number of hydrogen-bond donors (Lipinski definition) is 0. The molecule has 0 unspecified atom stereocenters. The Morgan fingerprint density at radius 2 is 1.82 bits per heavy atom. The molecule has 4 aromatic rings. The average molecular weight is 475 g/mol. The summed E-state index contributed by atoms with van der Waals surface area (Å²) in [6.45, 7) is 4.31. The molecule has 168 valence electrons. The molecule has 5 rings (SSSR count). The molecule has 0 fully saturated rings. The van der Waals surface area contributed by atoms with Gasteiger partial charge in [0.25, 0.3) is 0 Å². The number of para-hydroxylation sites is 1. The van der Waals surface area contributed by atoms with E-state index in [1.807, 2.05) is 25.1 Å². The zero-order valence-electron chi connectivity index (χ0n) is 18.8. The van der Waals surface area contributed by atoms with Gasteiger partial charge >= 0.3 is 5.97 Å². The Morgan fingerprint density at radius 3 is 2.58 bits per heavy atom. The molecule has 0 aliphatic heterocycles. The Labute approximate surface area is 201 Å². The smallest absolute Gasteiger partial charge is 0.341 e. The van der Waals surface area contributed by atoms with Crippen LogP contribution in [-0.4, -0.2) is 17.1 Å². The molecule has 4 nitrogen and oxygen atoms in total. The fraction of sp³-hybridized carbons (Fsp3) is 0.259. The molecule has 0 radical (unpaired) electrons. The molecule has 0 N–H and O–H groups in total. The summed E-state index contributed by atoms with van der Waals surface area (Å²) in [4.78, 5) is 20.1. The lowest BCUT2D eigenvalue weighted by molar-refractivity contribution is 0.0526. The highest BCUT2D eigenvalue weighted by Crippen LogP contribution is 2.40. The van der Waals surface area contributed by atoms with Gasteiger partial charge < -0.3 is 4.74 Å². The van der Waals surface area contributed by atoms with Gasteiger partial charge in [0.2, 0.25) is 0 Å². The largest absolute Gasteiger partial charge is 0.462 e. The minimum absolute atomic E-state index is 0.253. The van der Waals surface area contributed by atoms with Crippen LogP contribution < -0.4 is 4.80 Å². The molecule has 0 saturated carbocycles. The number of aromatic nitrogens is 1. The maximum atomic E-state index is 12.9. The summed E-state index contributed by atoms with van der Waals surface area (Å²) in [6, 6.07) is 18.8. The highest BCUT2D eigenvalue weighted by atomic mass is 32.1. The number of aryl methyl sites for hydroxylation is 2. The summed E-state index contributed by atoms with van der Waals surface area (Å²) in [7, 11) is 0. The Bertz CT molecular complexity index is 1350. The first-order valence-electron chi connectivity index (χ1n) is 11.3. The van der Waals surface area contributed by atoms with E-state index in [1.165, 1.54) is 10.4 Å². The van der Waals surface area contributed by atoms with Gasteiger partial charge in [0.05, 0.1) is 17.9 Å². The van der Waals surface area contributed by atoms with E-state index in [-0.39, 0.29) is 5.97 Å². The minimum atomic E-state index is -0.253. The van der Waals surface area contributed by atoms with Crippen LogP contribution in [-0.2, 0) is 17.6 Å². The van der Waals surface area contributed by atoms with Crippen molar-refractivity contribution in [1.29, 1.82) is 0 Å². The van der Waals surface area contributed by atoms with Crippen molar-refractivity contribution in [2.75, 3.05) is 6.61 Å². The molecule has 0 spiro atoms. The van der Waals surface area contributed by atoms with E-state index in [0.717, 1.165) is 58.0 Å². The molecule has 1 aliphatic rings. The number of thiazole rings is 1. The first-order valence-corrected chi connectivity index (χ1v) is 13.0. The van der Waals surface area contributed by atoms with E-state index in [9.17, 15) is 4.79 Å². The summed E-state index contributed by atoms with van der Waals surface area (Å²) < 4.78 is 7.62. The molecule has 2 aromatic heterocycles. The molecule has 6 heteroatoms. The summed E-state index contributed by atoms with van der Waals surface area (Å²) in [5, 5.41) is 2.91. The molecule has 0 bridgehead atoms. The van der Waals surface area contributed by atoms with Crippen LogP contribution in [0.1, 0.15) is 46.1 Å². The number of rotatable bonds is 5. The maximum Gasteiger partial charge on any atom is 0.341 e. The topological polar surface area (TPSA) is 43.6 Å². The second kappa shape index (κ2) is 9.49. The molecule has 0 saturated heterocycles. The number of nitrogens with zero attached hydrogens (tertiary/aromatic N) is 2. The van der Waals surface area contributed by atoms with Crippen molar-refractivity contribution in [2.24, 2.45) is 4.99 Å². The number of esters is 1. The summed E-state index contributed by atoms with van der Waals surface area (Å²) in [5.41, 5.74) is 6.31. The number of hydrogen-bond acceptors (Lipinski definition) is 5. The van der Waals surface area contributed by atoms with Crippen molar-refractivity contribution in [2.45, 2.75) is 39.5 Å². The van der Waals surface area contributed by atoms with Crippen LogP contribution in [0.25, 0.3) is 16.9 Å². The number of carbonyl (C=O) groups excluding carboxylic acids is 1. The van der Waals surface area contributed by atoms with Gasteiger partial charge in [0.1, 0.15) is 5.00 Å². The molecule has 2 heterocycles. The molecular weight excluding hydrogens is 448 g/mol. The second-order valence-corrected chi connectivity index (χ2v) is 10.1. The van der Waals surface area contributed by atoms with E-state index < -0.39 is 0 Å². The predicted molar refractivity (Wildman–Crippen MR) is 136 cm³/mol. The highest BCUT2D eigenvalue weighted by Gasteiger charge is 2.26. The van der Waals surface area contributed by atoms with Gasteiger partial charge in [-0.1, -0.05) is 48.0 Å². The van der Waals surface area contributed by atoms with Crippen molar-refractivity contribution in [3.05, 3.63) is 86.3 Å². The van der Waals surface area contributed by atoms with Gasteiger partial charge in [-0.2, -0.15) is 0 Å². The molecule has 0 amide bonds. The van der Waals surface area contributed by atoms with Gasteiger partial charge in [-0.3, -0.25) is 4.57 Å². The number of ether oxygens (including phenoxy) is 1. The number of fused-ring (bicyclic) bond motifs is 1. The number of benzene rings is 2. The normalized spacial score (nSPS) is 13.7. The van der Waals surface area contributed by atoms with Gasteiger partial charge in [0, 0.05) is 15.9 Å². The van der Waals surface area contributed by atoms with Crippen molar-refractivity contribution >= 4 is 33.6 Å². The van der Waals surface area contributed by atoms with Crippen molar-refractivity contribution < 1.29 is 9.53 Å². The van der Waals surface area contributed by atoms with Gasteiger partial charge in [-0.25, -0.2) is 9.79 Å². The van der Waals surface area contributed by atoms with Crippen LogP contribution >= 0.6 is 22.7 Å².